The molecule has 2 aromatic rings. The molecule has 2 aromatic carbocycles. The third-order valence-corrected chi connectivity index (χ3v) is 4.50. The van der Waals surface area contributed by atoms with Crippen molar-refractivity contribution in [1.29, 1.82) is 0 Å². The third kappa shape index (κ3) is 7.38. The largest absolute Gasteiger partial charge is 0.492 e. The van der Waals surface area contributed by atoms with Crippen LogP contribution in [0.25, 0.3) is 0 Å². The second kappa shape index (κ2) is 10.9. The van der Waals surface area contributed by atoms with Gasteiger partial charge in [-0.15, -0.1) is 0 Å². The molecule has 0 fully saturated rings. The Hall–Kier alpha value is -2.28. The molecule has 0 bridgehead atoms. The normalized spacial score (nSPS) is 10.6. The number of nitrogens with zero attached hydrogens (tertiary/aromatic N) is 2. The SMILES string of the molecule is CN(CCOc1ccc(Cl)cc1)CC(=O)N(C)CC(=O)Nc1ccccc1Cl. The number of para-hydroxylation sites is 1. The van der Waals surface area contributed by atoms with E-state index in [2.05, 4.69) is 5.32 Å². The van der Waals surface area contributed by atoms with Gasteiger partial charge >= 0.3 is 0 Å². The highest BCUT2D eigenvalue weighted by atomic mass is 35.5. The van der Waals surface area contributed by atoms with Gasteiger partial charge in [0.1, 0.15) is 12.4 Å². The zero-order valence-corrected chi connectivity index (χ0v) is 17.3. The number of anilines is 1. The van der Waals surface area contributed by atoms with Gasteiger partial charge in [-0.2, -0.15) is 0 Å². The number of rotatable bonds is 9. The molecule has 0 saturated heterocycles. The van der Waals surface area contributed by atoms with Crippen LogP contribution in [0, 0.1) is 0 Å². The summed E-state index contributed by atoms with van der Waals surface area (Å²) in [6.07, 6.45) is 0. The molecule has 0 saturated carbocycles. The van der Waals surface area contributed by atoms with Gasteiger partial charge < -0.3 is 15.0 Å². The van der Waals surface area contributed by atoms with E-state index in [9.17, 15) is 9.59 Å². The van der Waals surface area contributed by atoms with Gasteiger partial charge in [0.25, 0.3) is 0 Å². The van der Waals surface area contributed by atoms with Gasteiger partial charge in [-0.3, -0.25) is 14.5 Å². The lowest BCUT2D eigenvalue weighted by Gasteiger charge is -2.21. The molecule has 2 amide bonds. The first-order chi connectivity index (χ1) is 13.3. The van der Waals surface area contributed by atoms with Gasteiger partial charge in [-0.25, -0.2) is 0 Å². The molecule has 0 unspecified atom stereocenters. The van der Waals surface area contributed by atoms with Crippen molar-refractivity contribution in [3.8, 4) is 5.75 Å². The number of halogens is 2. The maximum atomic E-state index is 12.3. The number of carbonyl (C=O) groups excluding carboxylic acids is 2. The Labute approximate surface area is 175 Å². The van der Waals surface area contributed by atoms with Crippen molar-refractivity contribution in [2.45, 2.75) is 0 Å². The van der Waals surface area contributed by atoms with Gasteiger partial charge in [-0.1, -0.05) is 35.3 Å². The van der Waals surface area contributed by atoms with Crippen LogP contribution >= 0.6 is 23.2 Å². The lowest BCUT2D eigenvalue weighted by atomic mass is 10.3. The molecular formula is C20H23Cl2N3O3. The smallest absolute Gasteiger partial charge is 0.244 e. The van der Waals surface area contributed by atoms with E-state index in [1.807, 2.05) is 11.9 Å². The first kappa shape index (κ1) is 22.0. The summed E-state index contributed by atoms with van der Waals surface area (Å²) in [6.45, 7) is 1.12. The van der Waals surface area contributed by atoms with Crippen LogP contribution in [0.5, 0.6) is 5.75 Å². The van der Waals surface area contributed by atoms with Crippen LogP contribution in [0.1, 0.15) is 0 Å². The highest BCUT2D eigenvalue weighted by molar-refractivity contribution is 6.33. The monoisotopic (exact) mass is 423 g/mol. The molecule has 0 aliphatic carbocycles. The summed E-state index contributed by atoms with van der Waals surface area (Å²) >= 11 is 11.8. The van der Waals surface area contributed by atoms with Crippen molar-refractivity contribution in [2.75, 3.05) is 45.7 Å². The topological polar surface area (TPSA) is 61.9 Å². The summed E-state index contributed by atoms with van der Waals surface area (Å²) in [5.41, 5.74) is 0.520. The van der Waals surface area contributed by atoms with E-state index >= 15 is 0 Å². The van der Waals surface area contributed by atoms with E-state index < -0.39 is 0 Å². The Morgan fingerprint density at radius 3 is 2.36 bits per heavy atom. The lowest BCUT2D eigenvalue weighted by Crippen LogP contribution is -2.41. The molecule has 0 aromatic heterocycles. The quantitative estimate of drug-likeness (QED) is 0.671. The zero-order valence-electron chi connectivity index (χ0n) is 15.8. The van der Waals surface area contributed by atoms with Gasteiger partial charge in [0.05, 0.1) is 23.8 Å². The van der Waals surface area contributed by atoms with E-state index in [0.717, 1.165) is 5.75 Å². The first-order valence-corrected chi connectivity index (χ1v) is 9.46. The fourth-order valence-corrected chi connectivity index (χ4v) is 2.65. The van der Waals surface area contributed by atoms with E-state index in [1.165, 1.54) is 4.90 Å². The second-order valence-electron chi connectivity index (χ2n) is 6.32. The van der Waals surface area contributed by atoms with Crippen molar-refractivity contribution >= 4 is 40.7 Å². The van der Waals surface area contributed by atoms with Crippen LogP contribution in [-0.2, 0) is 9.59 Å². The number of ether oxygens (including phenoxy) is 1. The maximum absolute atomic E-state index is 12.3. The number of amides is 2. The number of hydrogen-bond donors (Lipinski definition) is 1. The van der Waals surface area contributed by atoms with E-state index in [0.29, 0.717) is 28.9 Å². The summed E-state index contributed by atoms with van der Waals surface area (Å²) in [5, 5.41) is 3.80. The van der Waals surface area contributed by atoms with Gasteiger partial charge in [-0.05, 0) is 43.4 Å². The fourth-order valence-electron chi connectivity index (χ4n) is 2.34. The summed E-state index contributed by atoms with van der Waals surface area (Å²) in [4.78, 5) is 27.6. The van der Waals surface area contributed by atoms with E-state index in [-0.39, 0.29) is 24.9 Å². The van der Waals surface area contributed by atoms with Crippen molar-refractivity contribution in [1.82, 2.24) is 9.80 Å². The summed E-state index contributed by atoms with van der Waals surface area (Å²) in [7, 11) is 3.41. The van der Waals surface area contributed by atoms with Crippen molar-refractivity contribution < 1.29 is 14.3 Å². The predicted octanol–water partition coefficient (Wildman–Crippen LogP) is 3.40. The minimum absolute atomic E-state index is 0.0564. The molecule has 8 heteroatoms. The molecule has 2 rings (SSSR count). The van der Waals surface area contributed by atoms with Crippen molar-refractivity contribution in [3.05, 3.63) is 58.6 Å². The number of hydrogen-bond acceptors (Lipinski definition) is 4. The number of carbonyl (C=O) groups is 2. The molecule has 0 radical (unpaired) electrons. The Balaban J connectivity index is 1.71. The summed E-state index contributed by atoms with van der Waals surface area (Å²) in [5.74, 6) is 0.249. The fraction of sp³-hybridized carbons (Fsp3) is 0.300. The number of benzene rings is 2. The molecule has 0 heterocycles. The highest BCUT2D eigenvalue weighted by Gasteiger charge is 2.15. The lowest BCUT2D eigenvalue weighted by molar-refractivity contribution is -0.134. The minimum atomic E-state index is -0.308. The van der Waals surface area contributed by atoms with Gasteiger partial charge in [0, 0.05) is 18.6 Å². The predicted molar refractivity (Wildman–Crippen MR) is 112 cm³/mol. The highest BCUT2D eigenvalue weighted by Crippen LogP contribution is 2.20. The van der Waals surface area contributed by atoms with Crippen LogP contribution in [0.3, 0.4) is 0 Å². The van der Waals surface area contributed by atoms with Crippen LogP contribution in [-0.4, -0.2) is 62.0 Å². The number of nitrogens with one attached hydrogen (secondary N) is 1. The molecule has 150 valence electrons. The van der Waals surface area contributed by atoms with Crippen LogP contribution in [0.4, 0.5) is 5.69 Å². The second-order valence-corrected chi connectivity index (χ2v) is 7.16. The van der Waals surface area contributed by atoms with Crippen molar-refractivity contribution in [3.63, 3.8) is 0 Å². The summed E-state index contributed by atoms with van der Waals surface area (Å²) < 4.78 is 5.61. The van der Waals surface area contributed by atoms with Gasteiger partial charge in [0.2, 0.25) is 11.8 Å². The average Bonchev–Trinajstić information content (AvgIpc) is 2.65. The van der Waals surface area contributed by atoms with Crippen LogP contribution in [0.2, 0.25) is 10.0 Å². The van der Waals surface area contributed by atoms with Crippen molar-refractivity contribution in [2.24, 2.45) is 0 Å². The molecule has 6 nitrogen and oxygen atoms in total. The van der Waals surface area contributed by atoms with E-state index in [4.69, 9.17) is 27.9 Å². The molecule has 1 N–H and O–H groups in total. The maximum Gasteiger partial charge on any atom is 0.244 e. The molecular weight excluding hydrogens is 401 g/mol. The Morgan fingerprint density at radius 1 is 1.00 bits per heavy atom. The Morgan fingerprint density at radius 2 is 1.68 bits per heavy atom. The van der Waals surface area contributed by atoms with Crippen LogP contribution < -0.4 is 10.1 Å². The molecule has 28 heavy (non-hydrogen) atoms. The first-order valence-electron chi connectivity index (χ1n) is 8.70. The zero-order chi connectivity index (χ0) is 20.5. The average molecular weight is 424 g/mol. The molecule has 0 aliphatic rings. The van der Waals surface area contributed by atoms with E-state index in [1.54, 1.807) is 55.6 Å². The van der Waals surface area contributed by atoms with Gasteiger partial charge in [0.15, 0.2) is 0 Å². The minimum Gasteiger partial charge on any atom is -0.492 e. The molecule has 0 aliphatic heterocycles. The molecule has 0 atom stereocenters. The third-order valence-electron chi connectivity index (χ3n) is 3.92. The number of likely N-dealkylation sites (N-methyl/N-ethyl adjacent to an activating group) is 2. The Bertz CT molecular complexity index is 800. The summed E-state index contributed by atoms with van der Waals surface area (Å²) in [6, 6.07) is 14.0. The Kier molecular flexibility index (Phi) is 8.57. The molecule has 0 spiro atoms. The van der Waals surface area contributed by atoms with Crippen LogP contribution in [0.15, 0.2) is 48.5 Å². The standard InChI is InChI=1S/C20H23Cl2N3O3/c1-24(11-12-28-16-9-7-15(21)8-10-16)14-20(27)25(2)13-19(26)23-18-6-4-3-5-17(18)22/h3-10H,11-14H2,1-2H3,(H,23,26).